The van der Waals surface area contributed by atoms with E-state index in [2.05, 4.69) is 11.9 Å². The van der Waals surface area contributed by atoms with E-state index in [9.17, 15) is 8.78 Å². The van der Waals surface area contributed by atoms with Crippen LogP contribution in [0.4, 0.5) is 8.78 Å². The van der Waals surface area contributed by atoms with Gasteiger partial charge >= 0.3 is 0 Å². The normalized spacial score (nSPS) is 12.5. The van der Waals surface area contributed by atoms with Gasteiger partial charge in [0.05, 0.1) is 5.02 Å². The first kappa shape index (κ1) is 13.1. The molecule has 0 fully saturated rings. The Morgan fingerprint density at radius 1 is 1.44 bits per heavy atom. The monoisotopic (exact) mass is 245 g/mol. The zero-order valence-corrected chi connectivity index (χ0v) is 9.82. The van der Waals surface area contributed by atoms with Gasteiger partial charge < -0.3 is 5.32 Å². The van der Waals surface area contributed by atoms with E-state index < -0.39 is 11.6 Å². The average Bonchev–Trinajstić information content (AvgIpc) is 2.23. The van der Waals surface area contributed by atoms with E-state index in [1.54, 1.807) is 6.08 Å². The molecule has 1 unspecified atom stereocenters. The van der Waals surface area contributed by atoms with Crippen molar-refractivity contribution in [2.24, 2.45) is 0 Å². The van der Waals surface area contributed by atoms with Crippen LogP contribution in [0.5, 0.6) is 0 Å². The predicted octanol–water partition coefficient (Wildman–Crippen LogP) is 3.84. The summed E-state index contributed by atoms with van der Waals surface area (Å²) in [6, 6.07) is 1.86. The van der Waals surface area contributed by atoms with E-state index in [-0.39, 0.29) is 16.6 Å². The third-order valence-corrected chi connectivity index (χ3v) is 2.56. The summed E-state index contributed by atoms with van der Waals surface area (Å²) in [4.78, 5) is 0. The van der Waals surface area contributed by atoms with Crippen LogP contribution in [0.25, 0.3) is 0 Å². The molecule has 0 aliphatic rings. The maximum Gasteiger partial charge on any atom is 0.142 e. The Morgan fingerprint density at radius 3 is 2.69 bits per heavy atom. The van der Waals surface area contributed by atoms with Crippen molar-refractivity contribution in [2.45, 2.75) is 19.4 Å². The van der Waals surface area contributed by atoms with Crippen molar-refractivity contribution in [3.8, 4) is 0 Å². The first-order valence-corrected chi connectivity index (χ1v) is 5.46. The van der Waals surface area contributed by atoms with Crippen LogP contribution in [-0.4, -0.2) is 6.54 Å². The highest BCUT2D eigenvalue weighted by Gasteiger charge is 2.16. The second-order valence-corrected chi connectivity index (χ2v) is 3.83. The first-order chi connectivity index (χ1) is 7.60. The molecule has 0 aliphatic carbocycles. The number of nitrogens with one attached hydrogen (secondary N) is 1. The Bertz CT molecular complexity index is 380. The highest BCUT2D eigenvalue weighted by Crippen LogP contribution is 2.25. The molecule has 0 heterocycles. The Hall–Kier alpha value is -0.930. The molecule has 0 spiro atoms. The number of hydrogen-bond donors (Lipinski definition) is 1. The standard InChI is InChI=1S/C12H14ClF2N/c1-3-5-12(16-4-2)8-6-11(15)9(13)7-10(8)14/h3,6-7,12,16H,1,4-5H2,2H3. The second-order valence-electron chi connectivity index (χ2n) is 3.42. The number of hydrogen-bond acceptors (Lipinski definition) is 1. The lowest BCUT2D eigenvalue weighted by molar-refractivity contribution is 0.508. The highest BCUT2D eigenvalue weighted by molar-refractivity contribution is 6.30. The summed E-state index contributed by atoms with van der Waals surface area (Å²) < 4.78 is 26.8. The molecule has 16 heavy (non-hydrogen) atoms. The topological polar surface area (TPSA) is 12.0 Å². The van der Waals surface area contributed by atoms with E-state index in [0.717, 1.165) is 12.1 Å². The molecular weight excluding hydrogens is 232 g/mol. The van der Waals surface area contributed by atoms with E-state index in [1.807, 2.05) is 6.92 Å². The van der Waals surface area contributed by atoms with Gasteiger partial charge in [0.2, 0.25) is 0 Å². The van der Waals surface area contributed by atoms with Crippen LogP contribution in [0.1, 0.15) is 24.9 Å². The molecule has 0 saturated heterocycles. The van der Waals surface area contributed by atoms with E-state index in [1.165, 1.54) is 0 Å². The molecule has 0 radical (unpaired) electrons. The van der Waals surface area contributed by atoms with Gasteiger partial charge in [0, 0.05) is 11.6 Å². The van der Waals surface area contributed by atoms with Crippen molar-refractivity contribution >= 4 is 11.6 Å². The van der Waals surface area contributed by atoms with E-state index >= 15 is 0 Å². The largest absolute Gasteiger partial charge is 0.310 e. The minimum absolute atomic E-state index is 0.199. The molecular formula is C12H14ClF2N. The maximum atomic E-state index is 13.6. The third kappa shape index (κ3) is 3.03. The lowest BCUT2D eigenvalue weighted by atomic mass is 10.0. The van der Waals surface area contributed by atoms with Crippen LogP contribution < -0.4 is 5.32 Å². The fourth-order valence-electron chi connectivity index (χ4n) is 1.54. The highest BCUT2D eigenvalue weighted by atomic mass is 35.5. The zero-order valence-electron chi connectivity index (χ0n) is 9.06. The summed E-state index contributed by atoms with van der Waals surface area (Å²) in [5.41, 5.74) is 0.281. The van der Waals surface area contributed by atoms with Crippen LogP contribution in [0.15, 0.2) is 24.8 Å². The smallest absolute Gasteiger partial charge is 0.142 e. The Kier molecular flexibility index (Phi) is 4.90. The summed E-state index contributed by atoms with van der Waals surface area (Å²) in [6.45, 7) is 6.17. The SMILES string of the molecule is C=CCC(NCC)c1cc(F)c(Cl)cc1F. The van der Waals surface area contributed by atoms with Crippen molar-refractivity contribution in [3.05, 3.63) is 47.0 Å². The van der Waals surface area contributed by atoms with Crippen LogP contribution >= 0.6 is 11.6 Å². The predicted molar refractivity (Wildman–Crippen MR) is 62.6 cm³/mol. The molecule has 0 aliphatic heterocycles. The third-order valence-electron chi connectivity index (χ3n) is 2.27. The fourth-order valence-corrected chi connectivity index (χ4v) is 1.69. The molecule has 1 aromatic carbocycles. The Morgan fingerprint density at radius 2 is 2.12 bits per heavy atom. The van der Waals surface area contributed by atoms with Gasteiger partial charge in [0.25, 0.3) is 0 Å². The summed E-state index contributed by atoms with van der Waals surface area (Å²) in [6.07, 6.45) is 2.20. The molecule has 1 atom stereocenters. The molecule has 1 N–H and O–H groups in total. The van der Waals surface area contributed by atoms with E-state index in [4.69, 9.17) is 11.6 Å². The summed E-state index contributed by atoms with van der Waals surface area (Å²) in [5, 5.41) is 2.87. The number of halogens is 3. The van der Waals surface area contributed by atoms with Crippen molar-refractivity contribution in [3.63, 3.8) is 0 Å². The molecule has 0 aromatic heterocycles. The maximum absolute atomic E-state index is 13.6. The Balaban J connectivity index is 3.07. The number of rotatable bonds is 5. The molecule has 0 amide bonds. The van der Waals surface area contributed by atoms with Gasteiger partial charge in [0.1, 0.15) is 11.6 Å². The van der Waals surface area contributed by atoms with Crippen molar-refractivity contribution in [1.82, 2.24) is 5.32 Å². The molecule has 0 saturated carbocycles. The zero-order chi connectivity index (χ0) is 12.1. The van der Waals surface area contributed by atoms with E-state index in [0.29, 0.717) is 13.0 Å². The first-order valence-electron chi connectivity index (χ1n) is 5.08. The number of benzene rings is 1. The van der Waals surface area contributed by atoms with Gasteiger partial charge in [-0.3, -0.25) is 0 Å². The molecule has 0 bridgehead atoms. The van der Waals surface area contributed by atoms with Crippen LogP contribution in [0.3, 0.4) is 0 Å². The van der Waals surface area contributed by atoms with Gasteiger partial charge in [-0.05, 0) is 25.1 Å². The van der Waals surface area contributed by atoms with Crippen LogP contribution in [-0.2, 0) is 0 Å². The molecule has 1 nitrogen and oxygen atoms in total. The summed E-state index contributed by atoms with van der Waals surface area (Å²) in [7, 11) is 0. The summed E-state index contributed by atoms with van der Waals surface area (Å²) >= 11 is 5.49. The molecule has 4 heteroatoms. The minimum atomic E-state index is -0.606. The lowest BCUT2D eigenvalue weighted by Gasteiger charge is -2.17. The summed E-state index contributed by atoms with van der Waals surface area (Å²) in [5.74, 6) is -1.11. The molecule has 1 rings (SSSR count). The van der Waals surface area contributed by atoms with Crippen LogP contribution in [0.2, 0.25) is 5.02 Å². The van der Waals surface area contributed by atoms with Gasteiger partial charge in [-0.2, -0.15) is 0 Å². The Labute approximate surface area is 99.1 Å². The van der Waals surface area contributed by atoms with Gasteiger partial charge in [-0.25, -0.2) is 8.78 Å². The fraction of sp³-hybridized carbons (Fsp3) is 0.333. The second kappa shape index (κ2) is 5.97. The average molecular weight is 246 g/mol. The van der Waals surface area contributed by atoms with Gasteiger partial charge in [-0.1, -0.05) is 24.6 Å². The molecule has 88 valence electrons. The van der Waals surface area contributed by atoms with Crippen molar-refractivity contribution < 1.29 is 8.78 Å². The molecule has 1 aromatic rings. The van der Waals surface area contributed by atoms with Gasteiger partial charge in [0.15, 0.2) is 0 Å². The van der Waals surface area contributed by atoms with Crippen LogP contribution in [0, 0.1) is 11.6 Å². The lowest BCUT2D eigenvalue weighted by Crippen LogP contribution is -2.21. The van der Waals surface area contributed by atoms with Crippen molar-refractivity contribution in [1.29, 1.82) is 0 Å². The minimum Gasteiger partial charge on any atom is -0.310 e. The van der Waals surface area contributed by atoms with Gasteiger partial charge in [-0.15, -0.1) is 6.58 Å². The quantitative estimate of drug-likeness (QED) is 0.614. The van der Waals surface area contributed by atoms with Crippen molar-refractivity contribution in [2.75, 3.05) is 6.54 Å².